The molecular weight excluding hydrogens is 424 g/mol. The van der Waals surface area contributed by atoms with E-state index in [0.29, 0.717) is 6.54 Å². The average Bonchev–Trinajstić information content (AvgIpc) is 3.21. The molecule has 1 heterocycles. The summed E-state index contributed by atoms with van der Waals surface area (Å²) in [6.07, 6.45) is 2.25. The summed E-state index contributed by atoms with van der Waals surface area (Å²) in [4.78, 5) is 51.1. The van der Waals surface area contributed by atoms with Crippen molar-refractivity contribution >= 4 is 23.8 Å². The number of benzene rings is 1. The summed E-state index contributed by atoms with van der Waals surface area (Å²) in [6.45, 7) is 4.25. The lowest BCUT2D eigenvalue weighted by Gasteiger charge is -2.26. The van der Waals surface area contributed by atoms with E-state index in [1.165, 1.54) is 11.8 Å². The summed E-state index contributed by atoms with van der Waals surface area (Å²) in [5.41, 5.74) is 6.17. The molecule has 10 heteroatoms. The standard InChI is InChI=1S/C23H36N6O4/c1-4-5-11-26-22(32)19-12-17(28-23(33)27-15(2)21(24)31)14-29(19)20(30)13-18(25-3)16-9-7-6-8-10-16/h6-10,15,17-19,25H,4-5,11-14H2,1-3H3,(H2,24,31)(H,26,32)(H2,27,28,33)/t15-,17-,18+,19-/m0/s1. The number of likely N-dealkylation sites (tertiary alicyclic amines) is 1. The molecule has 0 aromatic heterocycles. The summed E-state index contributed by atoms with van der Waals surface area (Å²) in [5.74, 6) is -1.06. The second-order valence-corrected chi connectivity index (χ2v) is 8.34. The van der Waals surface area contributed by atoms with E-state index in [0.717, 1.165) is 18.4 Å². The van der Waals surface area contributed by atoms with Crippen LogP contribution in [-0.4, -0.2) is 66.9 Å². The molecule has 1 aromatic carbocycles. The second-order valence-electron chi connectivity index (χ2n) is 8.34. The van der Waals surface area contributed by atoms with Gasteiger partial charge in [-0.3, -0.25) is 14.4 Å². The molecule has 1 saturated heterocycles. The Kier molecular flexibility index (Phi) is 10.1. The first-order chi connectivity index (χ1) is 15.8. The summed E-state index contributed by atoms with van der Waals surface area (Å²) < 4.78 is 0. The van der Waals surface area contributed by atoms with Crippen LogP contribution in [0.3, 0.4) is 0 Å². The Morgan fingerprint density at radius 2 is 1.88 bits per heavy atom. The number of unbranched alkanes of at least 4 members (excludes halogenated alkanes) is 1. The van der Waals surface area contributed by atoms with Gasteiger partial charge in [-0.15, -0.1) is 0 Å². The van der Waals surface area contributed by atoms with Crippen LogP contribution in [0, 0.1) is 0 Å². The highest BCUT2D eigenvalue weighted by molar-refractivity contribution is 5.89. The summed E-state index contributed by atoms with van der Waals surface area (Å²) >= 11 is 0. The summed E-state index contributed by atoms with van der Waals surface area (Å²) in [5, 5.41) is 11.3. The van der Waals surface area contributed by atoms with Crippen molar-refractivity contribution in [2.24, 2.45) is 5.73 Å². The number of rotatable bonds is 11. The molecule has 33 heavy (non-hydrogen) atoms. The van der Waals surface area contributed by atoms with E-state index < -0.39 is 30.1 Å². The fraction of sp³-hybridized carbons (Fsp3) is 0.565. The van der Waals surface area contributed by atoms with Crippen LogP contribution in [0.1, 0.15) is 51.1 Å². The van der Waals surface area contributed by atoms with Gasteiger partial charge < -0.3 is 31.9 Å². The first kappa shape index (κ1) is 26.1. The van der Waals surface area contributed by atoms with Crippen LogP contribution < -0.4 is 27.0 Å². The second kappa shape index (κ2) is 12.8. The Bertz CT molecular complexity index is 818. The van der Waals surface area contributed by atoms with Crippen LogP contribution in [0.4, 0.5) is 4.79 Å². The number of hydrogen-bond acceptors (Lipinski definition) is 5. The van der Waals surface area contributed by atoms with Crippen LogP contribution in [0.5, 0.6) is 0 Å². The van der Waals surface area contributed by atoms with E-state index in [-0.39, 0.29) is 37.2 Å². The van der Waals surface area contributed by atoms with Crippen molar-refractivity contribution in [2.75, 3.05) is 20.1 Å². The van der Waals surface area contributed by atoms with E-state index in [1.807, 2.05) is 37.3 Å². The molecule has 0 aliphatic carbocycles. The van der Waals surface area contributed by atoms with Crippen molar-refractivity contribution in [3.05, 3.63) is 35.9 Å². The highest BCUT2D eigenvalue weighted by Gasteiger charge is 2.40. The fourth-order valence-corrected chi connectivity index (χ4v) is 3.83. The first-order valence-corrected chi connectivity index (χ1v) is 11.4. The van der Waals surface area contributed by atoms with Crippen molar-refractivity contribution in [3.63, 3.8) is 0 Å². The van der Waals surface area contributed by atoms with Crippen molar-refractivity contribution in [3.8, 4) is 0 Å². The van der Waals surface area contributed by atoms with Crippen LogP contribution in [0.15, 0.2) is 30.3 Å². The third-order valence-corrected chi connectivity index (χ3v) is 5.79. The average molecular weight is 461 g/mol. The fourth-order valence-electron chi connectivity index (χ4n) is 3.83. The highest BCUT2D eigenvalue weighted by Crippen LogP contribution is 2.23. The minimum absolute atomic E-state index is 0.177. The minimum Gasteiger partial charge on any atom is -0.368 e. The maximum Gasteiger partial charge on any atom is 0.315 e. The van der Waals surface area contributed by atoms with Crippen LogP contribution in [-0.2, 0) is 14.4 Å². The third-order valence-electron chi connectivity index (χ3n) is 5.79. The molecule has 10 nitrogen and oxygen atoms in total. The lowest BCUT2D eigenvalue weighted by molar-refractivity contribution is -0.138. The van der Waals surface area contributed by atoms with Gasteiger partial charge in [-0.1, -0.05) is 43.7 Å². The largest absolute Gasteiger partial charge is 0.368 e. The van der Waals surface area contributed by atoms with Gasteiger partial charge in [-0.25, -0.2) is 4.79 Å². The van der Waals surface area contributed by atoms with Crippen molar-refractivity contribution < 1.29 is 19.2 Å². The van der Waals surface area contributed by atoms with Gasteiger partial charge in [0.25, 0.3) is 0 Å². The topological polar surface area (TPSA) is 146 Å². The molecule has 1 aromatic rings. The van der Waals surface area contributed by atoms with Gasteiger partial charge in [0, 0.05) is 25.6 Å². The molecule has 1 fully saturated rings. The molecule has 1 aliphatic heterocycles. The molecule has 0 spiro atoms. The number of urea groups is 1. The van der Waals surface area contributed by atoms with Crippen molar-refractivity contribution in [1.82, 2.24) is 26.2 Å². The van der Waals surface area contributed by atoms with E-state index in [1.54, 1.807) is 7.05 Å². The van der Waals surface area contributed by atoms with Gasteiger partial charge in [-0.05, 0) is 32.4 Å². The van der Waals surface area contributed by atoms with E-state index >= 15 is 0 Å². The zero-order valence-electron chi connectivity index (χ0n) is 19.6. The number of nitrogens with two attached hydrogens (primary N) is 1. The molecule has 6 N–H and O–H groups in total. The molecule has 182 valence electrons. The van der Waals surface area contributed by atoms with Gasteiger partial charge >= 0.3 is 6.03 Å². The van der Waals surface area contributed by atoms with E-state index in [2.05, 4.69) is 21.3 Å². The van der Waals surface area contributed by atoms with Crippen molar-refractivity contribution in [1.29, 1.82) is 0 Å². The molecule has 1 aliphatic rings. The van der Waals surface area contributed by atoms with Crippen LogP contribution >= 0.6 is 0 Å². The number of carbonyl (C=O) groups excluding carboxylic acids is 4. The molecule has 0 unspecified atom stereocenters. The van der Waals surface area contributed by atoms with Gasteiger partial charge in [0.05, 0.1) is 6.04 Å². The first-order valence-electron chi connectivity index (χ1n) is 11.4. The zero-order chi connectivity index (χ0) is 24.4. The van der Waals surface area contributed by atoms with Crippen LogP contribution in [0.2, 0.25) is 0 Å². The Hall–Kier alpha value is -3.14. The predicted molar refractivity (Wildman–Crippen MR) is 125 cm³/mol. The predicted octanol–water partition coefficient (Wildman–Crippen LogP) is 0.396. The third kappa shape index (κ3) is 7.74. The maximum atomic E-state index is 13.2. The molecule has 0 bridgehead atoms. The number of nitrogens with zero attached hydrogens (tertiary/aromatic N) is 1. The number of amides is 5. The molecule has 5 amide bonds. The SMILES string of the molecule is CCCCNC(=O)[C@@H]1C[C@H](NC(=O)N[C@@H](C)C(N)=O)CN1C(=O)C[C@@H](NC)c1ccccc1. The van der Waals surface area contributed by atoms with Gasteiger partial charge in [0.2, 0.25) is 17.7 Å². The van der Waals surface area contributed by atoms with E-state index in [4.69, 9.17) is 5.73 Å². The lowest BCUT2D eigenvalue weighted by Crippen LogP contribution is -2.50. The monoisotopic (exact) mass is 460 g/mol. The molecule has 2 rings (SSSR count). The Labute approximate surface area is 195 Å². The molecule has 0 saturated carbocycles. The van der Waals surface area contributed by atoms with Gasteiger partial charge in [-0.2, -0.15) is 0 Å². The maximum absolute atomic E-state index is 13.2. The van der Waals surface area contributed by atoms with Gasteiger partial charge in [0.1, 0.15) is 12.1 Å². The zero-order valence-corrected chi connectivity index (χ0v) is 19.6. The lowest BCUT2D eigenvalue weighted by atomic mass is 10.0. The summed E-state index contributed by atoms with van der Waals surface area (Å²) in [7, 11) is 1.79. The smallest absolute Gasteiger partial charge is 0.315 e. The molecular formula is C23H36N6O4. The quantitative estimate of drug-likeness (QED) is 0.303. The summed E-state index contributed by atoms with van der Waals surface area (Å²) in [6, 6.07) is 6.92. The highest BCUT2D eigenvalue weighted by atomic mass is 16.2. The number of primary amides is 1. The number of nitrogens with one attached hydrogen (secondary N) is 4. The number of hydrogen-bond donors (Lipinski definition) is 5. The Morgan fingerprint density at radius 3 is 2.48 bits per heavy atom. The molecule has 0 radical (unpaired) electrons. The van der Waals surface area contributed by atoms with Crippen molar-refractivity contribution in [2.45, 2.75) is 63.7 Å². The van der Waals surface area contributed by atoms with Crippen LogP contribution in [0.25, 0.3) is 0 Å². The Morgan fingerprint density at radius 1 is 1.18 bits per heavy atom. The van der Waals surface area contributed by atoms with E-state index in [9.17, 15) is 19.2 Å². The normalized spacial score (nSPS) is 19.4. The number of carbonyl (C=O) groups is 4. The molecule has 4 atom stereocenters. The minimum atomic E-state index is -0.834. The Balaban J connectivity index is 2.09. The van der Waals surface area contributed by atoms with Gasteiger partial charge in [0.15, 0.2) is 0 Å².